The summed E-state index contributed by atoms with van der Waals surface area (Å²) in [6.45, 7) is 11.7. The van der Waals surface area contributed by atoms with E-state index in [0.29, 0.717) is 36.5 Å². The Kier molecular flexibility index (Phi) is 6.44. The zero-order chi connectivity index (χ0) is 20.3. The van der Waals surface area contributed by atoms with Gasteiger partial charge in [-0.15, -0.1) is 0 Å². The van der Waals surface area contributed by atoms with Crippen molar-refractivity contribution in [1.29, 1.82) is 0 Å². The van der Waals surface area contributed by atoms with Gasteiger partial charge in [0.2, 0.25) is 18.6 Å². The SMILES string of the molecule is CCN(CC)[C@@H](CNC(=O)[C@H]1CC(=O)N(c2ccc3c(c2)OCO3)C1)C(C)C. The Labute approximate surface area is 167 Å². The van der Waals surface area contributed by atoms with Gasteiger partial charge in [0.25, 0.3) is 0 Å². The first-order chi connectivity index (χ1) is 13.4. The third-order valence-corrected chi connectivity index (χ3v) is 5.70. The van der Waals surface area contributed by atoms with Crippen molar-refractivity contribution in [1.82, 2.24) is 10.2 Å². The fourth-order valence-corrected chi connectivity index (χ4v) is 4.01. The molecule has 0 spiro atoms. The number of nitrogens with zero attached hydrogens (tertiary/aromatic N) is 2. The highest BCUT2D eigenvalue weighted by molar-refractivity contribution is 6.00. The Hall–Kier alpha value is -2.28. The van der Waals surface area contributed by atoms with Gasteiger partial charge in [0.1, 0.15) is 0 Å². The molecule has 1 N–H and O–H groups in total. The second-order valence-corrected chi connectivity index (χ2v) is 7.72. The van der Waals surface area contributed by atoms with Gasteiger partial charge in [-0.05, 0) is 31.1 Å². The summed E-state index contributed by atoms with van der Waals surface area (Å²) in [7, 11) is 0. The second kappa shape index (κ2) is 8.82. The van der Waals surface area contributed by atoms with Gasteiger partial charge in [-0.1, -0.05) is 27.7 Å². The average Bonchev–Trinajstić information content (AvgIpc) is 3.30. The number of amides is 2. The number of carbonyl (C=O) groups excluding carboxylic acids is 2. The van der Waals surface area contributed by atoms with Crippen LogP contribution in [0, 0.1) is 11.8 Å². The van der Waals surface area contributed by atoms with E-state index >= 15 is 0 Å². The van der Waals surface area contributed by atoms with E-state index in [-0.39, 0.29) is 30.9 Å². The molecule has 2 heterocycles. The highest BCUT2D eigenvalue weighted by Gasteiger charge is 2.36. The van der Waals surface area contributed by atoms with Gasteiger partial charge >= 0.3 is 0 Å². The van der Waals surface area contributed by atoms with E-state index in [0.717, 1.165) is 18.8 Å². The third kappa shape index (κ3) is 4.24. The molecule has 2 aliphatic heterocycles. The molecule has 1 fully saturated rings. The lowest BCUT2D eigenvalue weighted by Gasteiger charge is -2.33. The molecule has 0 unspecified atom stereocenters. The van der Waals surface area contributed by atoms with Crippen LogP contribution >= 0.6 is 0 Å². The zero-order valence-electron chi connectivity index (χ0n) is 17.2. The molecule has 1 aromatic carbocycles. The van der Waals surface area contributed by atoms with Gasteiger partial charge in [-0.2, -0.15) is 0 Å². The number of nitrogens with one attached hydrogen (secondary N) is 1. The molecule has 2 atom stereocenters. The maximum atomic E-state index is 12.7. The highest BCUT2D eigenvalue weighted by atomic mass is 16.7. The van der Waals surface area contributed by atoms with Crippen molar-refractivity contribution in [2.45, 2.75) is 40.2 Å². The molecule has 0 saturated carbocycles. The first-order valence-corrected chi connectivity index (χ1v) is 10.2. The molecule has 1 aromatic rings. The maximum absolute atomic E-state index is 12.7. The van der Waals surface area contributed by atoms with Gasteiger partial charge in [0.15, 0.2) is 11.5 Å². The van der Waals surface area contributed by atoms with Crippen molar-refractivity contribution in [2.24, 2.45) is 11.8 Å². The normalized spacial score (nSPS) is 19.6. The van der Waals surface area contributed by atoms with E-state index in [9.17, 15) is 9.59 Å². The summed E-state index contributed by atoms with van der Waals surface area (Å²) in [5, 5.41) is 3.09. The van der Waals surface area contributed by atoms with Gasteiger partial charge < -0.3 is 19.7 Å². The summed E-state index contributed by atoms with van der Waals surface area (Å²) >= 11 is 0. The summed E-state index contributed by atoms with van der Waals surface area (Å²) in [5.74, 6) is 1.34. The molecule has 2 aliphatic rings. The predicted molar refractivity (Wildman–Crippen MR) is 108 cm³/mol. The lowest BCUT2D eigenvalue weighted by molar-refractivity contribution is -0.126. The summed E-state index contributed by atoms with van der Waals surface area (Å²) in [5.41, 5.74) is 0.743. The van der Waals surface area contributed by atoms with Crippen LogP contribution in [-0.4, -0.2) is 55.7 Å². The summed E-state index contributed by atoms with van der Waals surface area (Å²) in [6, 6.07) is 5.73. The molecule has 0 bridgehead atoms. The highest BCUT2D eigenvalue weighted by Crippen LogP contribution is 2.37. The summed E-state index contributed by atoms with van der Waals surface area (Å²) in [6.07, 6.45) is 0.234. The monoisotopic (exact) mass is 389 g/mol. The lowest BCUT2D eigenvalue weighted by Crippen LogP contribution is -2.48. The first kappa shape index (κ1) is 20.5. The molecule has 28 heavy (non-hydrogen) atoms. The van der Waals surface area contributed by atoms with Gasteiger partial charge in [-0.25, -0.2) is 0 Å². The molecular weight excluding hydrogens is 358 g/mol. The molecule has 154 valence electrons. The number of carbonyl (C=O) groups is 2. The molecule has 1 saturated heterocycles. The van der Waals surface area contributed by atoms with Crippen molar-refractivity contribution in [3.63, 3.8) is 0 Å². The van der Waals surface area contributed by atoms with E-state index in [1.54, 1.807) is 17.0 Å². The van der Waals surface area contributed by atoms with Crippen LogP contribution in [0.25, 0.3) is 0 Å². The van der Waals surface area contributed by atoms with Crippen LogP contribution in [0.15, 0.2) is 18.2 Å². The topological polar surface area (TPSA) is 71.1 Å². The Morgan fingerprint density at radius 1 is 1.25 bits per heavy atom. The van der Waals surface area contributed by atoms with Crippen LogP contribution in [0.2, 0.25) is 0 Å². The Morgan fingerprint density at radius 2 is 1.96 bits per heavy atom. The van der Waals surface area contributed by atoms with E-state index in [2.05, 4.69) is 37.9 Å². The molecule has 3 rings (SSSR count). The standard InChI is InChI=1S/C21H31N3O4/c1-5-23(6-2)17(14(3)4)11-22-21(26)15-9-20(25)24(12-15)16-7-8-18-19(10-16)28-13-27-18/h7-8,10,14-15,17H,5-6,9,11-13H2,1-4H3,(H,22,26)/t15-,17-/m0/s1. The van der Waals surface area contributed by atoms with Crippen molar-refractivity contribution in [3.8, 4) is 11.5 Å². The number of ether oxygens (including phenoxy) is 2. The van der Waals surface area contributed by atoms with E-state index in [1.165, 1.54) is 0 Å². The molecule has 7 nitrogen and oxygen atoms in total. The molecule has 0 aliphatic carbocycles. The number of benzene rings is 1. The minimum absolute atomic E-state index is 0.0387. The fraction of sp³-hybridized carbons (Fsp3) is 0.619. The smallest absolute Gasteiger partial charge is 0.231 e. The fourth-order valence-electron chi connectivity index (χ4n) is 4.01. The Morgan fingerprint density at radius 3 is 2.64 bits per heavy atom. The Balaban J connectivity index is 1.60. The van der Waals surface area contributed by atoms with E-state index in [4.69, 9.17) is 9.47 Å². The minimum Gasteiger partial charge on any atom is -0.454 e. The van der Waals surface area contributed by atoms with Gasteiger partial charge in [-0.3, -0.25) is 14.5 Å². The van der Waals surface area contributed by atoms with Crippen LogP contribution in [0.4, 0.5) is 5.69 Å². The molecule has 0 aromatic heterocycles. The summed E-state index contributed by atoms with van der Waals surface area (Å²) < 4.78 is 10.7. The largest absolute Gasteiger partial charge is 0.454 e. The quantitative estimate of drug-likeness (QED) is 0.738. The van der Waals surface area contributed by atoms with Crippen molar-refractivity contribution < 1.29 is 19.1 Å². The van der Waals surface area contributed by atoms with E-state index in [1.807, 2.05) is 6.07 Å². The van der Waals surface area contributed by atoms with Crippen LogP contribution in [0.1, 0.15) is 34.1 Å². The van der Waals surface area contributed by atoms with Crippen LogP contribution in [-0.2, 0) is 9.59 Å². The number of rotatable bonds is 8. The minimum atomic E-state index is -0.331. The van der Waals surface area contributed by atoms with Crippen LogP contribution in [0.3, 0.4) is 0 Å². The lowest BCUT2D eigenvalue weighted by atomic mass is 10.0. The number of anilines is 1. The number of fused-ring (bicyclic) bond motifs is 1. The van der Waals surface area contributed by atoms with Gasteiger partial charge in [0.05, 0.1) is 5.92 Å². The van der Waals surface area contributed by atoms with Crippen molar-refractivity contribution in [3.05, 3.63) is 18.2 Å². The predicted octanol–water partition coefficient (Wildman–Crippen LogP) is 2.25. The van der Waals surface area contributed by atoms with Gasteiger partial charge in [0, 0.05) is 37.3 Å². The third-order valence-electron chi connectivity index (χ3n) is 5.70. The molecular formula is C21H31N3O4. The van der Waals surface area contributed by atoms with E-state index < -0.39 is 0 Å². The summed E-state index contributed by atoms with van der Waals surface area (Å²) in [4.78, 5) is 29.3. The van der Waals surface area contributed by atoms with Crippen LogP contribution in [0.5, 0.6) is 11.5 Å². The molecule has 0 radical (unpaired) electrons. The second-order valence-electron chi connectivity index (χ2n) is 7.72. The van der Waals surface area contributed by atoms with Crippen molar-refractivity contribution in [2.75, 3.05) is 37.9 Å². The zero-order valence-corrected chi connectivity index (χ0v) is 17.2. The maximum Gasteiger partial charge on any atom is 0.231 e. The number of hydrogen-bond donors (Lipinski definition) is 1. The Bertz CT molecular complexity index is 718. The number of likely N-dealkylation sites (N-methyl/N-ethyl adjacent to an activating group) is 1. The molecule has 7 heteroatoms. The average molecular weight is 389 g/mol. The number of hydrogen-bond acceptors (Lipinski definition) is 5. The molecule has 2 amide bonds. The van der Waals surface area contributed by atoms with Crippen LogP contribution < -0.4 is 19.7 Å². The van der Waals surface area contributed by atoms with Crippen molar-refractivity contribution >= 4 is 17.5 Å². The first-order valence-electron chi connectivity index (χ1n) is 10.2.